The number of rotatable bonds is 14. The normalized spacial score (nSPS) is 11.5. The molecule has 0 heterocycles. The first-order valence-electron chi connectivity index (χ1n) is 9.45. The van der Waals surface area contributed by atoms with Gasteiger partial charge in [-0.25, -0.2) is 0 Å². The van der Waals surface area contributed by atoms with Gasteiger partial charge in [-0.05, 0) is 0 Å². The molecular weight excluding hydrogens is 377 g/mol. The van der Waals surface area contributed by atoms with E-state index in [0.717, 1.165) is 6.54 Å². The molecule has 1 amide bonds. The van der Waals surface area contributed by atoms with Crippen LogP contribution in [0.3, 0.4) is 0 Å². The number of carbonyl (C=O) groups is 1. The van der Waals surface area contributed by atoms with Crippen LogP contribution in [-0.2, 0) is 4.79 Å². The fourth-order valence-corrected chi connectivity index (χ4v) is 19.6. The summed E-state index contributed by atoms with van der Waals surface area (Å²) in [4.78, 5) is 11.6. The first-order chi connectivity index (χ1) is 10.5. The zero-order valence-corrected chi connectivity index (χ0v) is 18.5. The van der Waals surface area contributed by atoms with E-state index in [0.29, 0.717) is 5.57 Å². The third-order valence-electron chi connectivity index (χ3n) is 4.74. The fourth-order valence-electron chi connectivity index (χ4n) is 3.22. The molecule has 1 N–H and O–H groups in total. The Hall–Kier alpha value is 0.00870. The van der Waals surface area contributed by atoms with Gasteiger partial charge in [0.1, 0.15) is 0 Å². The van der Waals surface area contributed by atoms with E-state index < -0.39 is 18.4 Å². The number of nitrogens with one attached hydrogen (secondary N) is 1. The van der Waals surface area contributed by atoms with Crippen molar-refractivity contribution < 1.29 is 4.79 Å². The van der Waals surface area contributed by atoms with Crippen LogP contribution in [0.1, 0.15) is 72.6 Å². The molecule has 0 saturated carbocycles. The van der Waals surface area contributed by atoms with Gasteiger partial charge in [0.2, 0.25) is 0 Å². The Bertz CT molecular complexity index is 293. The van der Waals surface area contributed by atoms with Crippen LogP contribution in [0.15, 0.2) is 12.2 Å². The number of unbranched alkanes of at least 4 members (excludes halogenated alkanes) is 3. The SMILES string of the molecule is C=C(C)C(=O)NCC[CH2][Sn]([CH2]CCC)([CH2]CCC)[CH2]CCC. The van der Waals surface area contributed by atoms with Crippen LogP contribution in [0.4, 0.5) is 0 Å². The average Bonchev–Trinajstić information content (AvgIpc) is 2.52. The summed E-state index contributed by atoms with van der Waals surface area (Å²) in [6.45, 7) is 13.3. The van der Waals surface area contributed by atoms with Crippen LogP contribution < -0.4 is 5.32 Å². The summed E-state index contributed by atoms with van der Waals surface area (Å²) < 4.78 is 6.17. The zero-order valence-electron chi connectivity index (χ0n) is 15.6. The van der Waals surface area contributed by atoms with E-state index in [1.54, 1.807) is 20.2 Å². The van der Waals surface area contributed by atoms with Crippen molar-refractivity contribution in [3.63, 3.8) is 0 Å². The molecule has 0 rings (SSSR count). The Balaban J connectivity index is 4.50. The van der Waals surface area contributed by atoms with E-state index in [9.17, 15) is 4.79 Å². The Morgan fingerprint density at radius 1 is 0.864 bits per heavy atom. The second-order valence-corrected chi connectivity index (χ2v) is 21.2. The molecule has 2 nitrogen and oxygen atoms in total. The van der Waals surface area contributed by atoms with Crippen molar-refractivity contribution in [2.75, 3.05) is 6.54 Å². The number of hydrogen-bond donors (Lipinski definition) is 1. The van der Waals surface area contributed by atoms with Crippen molar-refractivity contribution in [3.8, 4) is 0 Å². The van der Waals surface area contributed by atoms with Crippen LogP contribution in [0, 0.1) is 0 Å². The maximum atomic E-state index is 11.6. The average molecular weight is 416 g/mol. The van der Waals surface area contributed by atoms with Gasteiger partial charge in [-0.15, -0.1) is 0 Å². The van der Waals surface area contributed by atoms with E-state index in [-0.39, 0.29) is 5.91 Å². The van der Waals surface area contributed by atoms with E-state index in [2.05, 4.69) is 32.7 Å². The van der Waals surface area contributed by atoms with Crippen molar-refractivity contribution >= 4 is 24.3 Å². The summed E-state index contributed by atoms with van der Waals surface area (Å²) in [6, 6.07) is 0. The molecular formula is C19H39NOSn. The van der Waals surface area contributed by atoms with Crippen molar-refractivity contribution in [1.82, 2.24) is 5.32 Å². The van der Waals surface area contributed by atoms with Gasteiger partial charge in [0, 0.05) is 0 Å². The van der Waals surface area contributed by atoms with Crippen LogP contribution >= 0.6 is 0 Å². The van der Waals surface area contributed by atoms with E-state index in [1.165, 1.54) is 49.4 Å². The van der Waals surface area contributed by atoms with Crippen molar-refractivity contribution in [2.24, 2.45) is 0 Å². The molecule has 0 aromatic rings. The van der Waals surface area contributed by atoms with Gasteiger partial charge in [-0.1, -0.05) is 0 Å². The molecule has 0 aliphatic heterocycles. The molecule has 0 fully saturated rings. The minimum absolute atomic E-state index is 0.0245. The zero-order chi connectivity index (χ0) is 16.8. The molecule has 0 radical (unpaired) electrons. The second kappa shape index (κ2) is 13.4. The van der Waals surface area contributed by atoms with E-state index in [4.69, 9.17) is 0 Å². The first kappa shape index (κ1) is 22.0. The Kier molecular flexibility index (Phi) is 13.5. The van der Waals surface area contributed by atoms with E-state index >= 15 is 0 Å². The molecule has 0 spiro atoms. The van der Waals surface area contributed by atoms with Crippen molar-refractivity contribution in [3.05, 3.63) is 12.2 Å². The first-order valence-corrected chi connectivity index (χ1v) is 17.5. The Labute approximate surface area is 143 Å². The summed E-state index contributed by atoms with van der Waals surface area (Å²) in [5.74, 6) is 0.0245. The molecule has 0 unspecified atom stereocenters. The third-order valence-corrected chi connectivity index (χ3v) is 20.9. The van der Waals surface area contributed by atoms with Gasteiger partial charge in [0.05, 0.1) is 0 Å². The topological polar surface area (TPSA) is 29.1 Å². The summed E-state index contributed by atoms with van der Waals surface area (Å²) >= 11 is -1.97. The van der Waals surface area contributed by atoms with Crippen LogP contribution in [0.5, 0.6) is 0 Å². The molecule has 3 heteroatoms. The summed E-state index contributed by atoms with van der Waals surface area (Å²) in [5, 5.41) is 3.02. The maximum absolute atomic E-state index is 11.6. The number of carbonyl (C=O) groups excluding carboxylic acids is 1. The molecule has 22 heavy (non-hydrogen) atoms. The van der Waals surface area contributed by atoms with Crippen LogP contribution in [0.2, 0.25) is 17.7 Å². The quantitative estimate of drug-likeness (QED) is 0.213. The monoisotopic (exact) mass is 417 g/mol. The van der Waals surface area contributed by atoms with Crippen molar-refractivity contribution in [2.45, 2.75) is 90.4 Å². The van der Waals surface area contributed by atoms with E-state index in [1.807, 2.05) is 0 Å². The molecule has 0 aliphatic rings. The summed E-state index contributed by atoms with van der Waals surface area (Å²) in [6.07, 6.45) is 9.49. The van der Waals surface area contributed by atoms with Gasteiger partial charge < -0.3 is 0 Å². The second-order valence-electron chi connectivity index (χ2n) is 6.95. The minimum atomic E-state index is -1.97. The van der Waals surface area contributed by atoms with Crippen LogP contribution in [0.25, 0.3) is 0 Å². The molecule has 0 aliphatic carbocycles. The predicted molar refractivity (Wildman–Crippen MR) is 102 cm³/mol. The molecule has 0 atom stereocenters. The van der Waals surface area contributed by atoms with Gasteiger partial charge in [-0.3, -0.25) is 0 Å². The fraction of sp³-hybridized carbons (Fsp3) is 0.842. The standard InChI is InChI=1S/C7H12NO.3C4H9.Sn/c1-4-5-8-7(9)6(2)3;3*1-3-4-2;/h1-2,4-5H2,3H3,(H,8,9);3*1,3-4H2,2H3;. The van der Waals surface area contributed by atoms with Gasteiger partial charge in [-0.2, -0.15) is 0 Å². The summed E-state index contributed by atoms with van der Waals surface area (Å²) in [5.41, 5.74) is 0.623. The number of amides is 1. The number of hydrogen-bond acceptors (Lipinski definition) is 1. The predicted octanol–water partition coefficient (Wildman–Crippen LogP) is 5.92. The van der Waals surface area contributed by atoms with Gasteiger partial charge in [0.15, 0.2) is 0 Å². The molecule has 0 aromatic heterocycles. The molecule has 0 bridgehead atoms. The Morgan fingerprint density at radius 3 is 1.64 bits per heavy atom. The molecule has 130 valence electrons. The van der Waals surface area contributed by atoms with Gasteiger partial charge in [0.25, 0.3) is 0 Å². The molecule has 0 saturated heterocycles. The third kappa shape index (κ3) is 9.91. The van der Waals surface area contributed by atoms with Crippen molar-refractivity contribution in [1.29, 1.82) is 0 Å². The van der Waals surface area contributed by atoms with Crippen LogP contribution in [-0.4, -0.2) is 30.8 Å². The Morgan fingerprint density at radius 2 is 1.27 bits per heavy atom. The summed E-state index contributed by atoms with van der Waals surface area (Å²) in [7, 11) is 0. The molecule has 0 aromatic carbocycles. The van der Waals surface area contributed by atoms with Gasteiger partial charge >= 0.3 is 143 Å².